The number of ether oxygens (including phenoxy) is 1. The molecule has 1 amide bonds. The molecular weight excluding hydrogens is 382 g/mol. The Hall–Kier alpha value is -2.38. The number of nitrogens with zero attached hydrogens (tertiary/aromatic N) is 4. The lowest BCUT2D eigenvalue weighted by molar-refractivity contribution is -0.151. The molecule has 0 unspecified atom stereocenters. The minimum Gasteiger partial charge on any atom is -0.466 e. The van der Waals surface area contributed by atoms with Crippen LogP contribution in [0, 0.1) is 11.8 Å². The van der Waals surface area contributed by atoms with Crippen LogP contribution >= 0.6 is 0 Å². The second kappa shape index (κ2) is 11.1. The maximum Gasteiger partial charge on any atom is 0.310 e. The van der Waals surface area contributed by atoms with Gasteiger partial charge in [-0.05, 0) is 51.9 Å². The lowest BCUT2D eigenvalue weighted by Crippen LogP contribution is -2.43. The summed E-state index contributed by atoms with van der Waals surface area (Å²) in [4.78, 5) is 37.7. The van der Waals surface area contributed by atoms with Crippen molar-refractivity contribution in [2.24, 2.45) is 11.8 Å². The number of nitrogens with one attached hydrogen (secondary N) is 1. The van der Waals surface area contributed by atoms with Gasteiger partial charge in [-0.3, -0.25) is 9.59 Å². The molecule has 0 spiro atoms. The Bertz CT molecular complexity index is 714. The highest BCUT2D eigenvalue weighted by molar-refractivity contribution is 5.78. The molecule has 0 radical (unpaired) electrons. The predicted octanol–water partition coefficient (Wildman–Crippen LogP) is 2.71. The Labute approximate surface area is 179 Å². The lowest BCUT2D eigenvalue weighted by atomic mass is 9.92. The summed E-state index contributed by atoms with van der Waals surface area (Å²) in [6.07, 6.45) is 6.95. The van der Waals surface area contributed by atoms with E-state index in [1.54, 1.807) is 6.33 Å². The van der Waals surface area contributed by atoms with Crippen LogP contribution in [0.1, 0.15) is 52.4 Å². The first-order chi connectivity index (χ1) is 14.6. The van der Waals surface area contributed by atoms with E-state index in [0.717, 1.165) is 69.9 Å². The van der Waals surface area contributed by atoms with Gasteiger partial charge in [0.25, 0.3) is 0 Å². The van der Waals surface area contributed by atoms with Gasteiger partial charge in [0, 0.05) is 45.2 Å². The highest BCUT2D eigenvalue weighted by atomic mass is 16.5. The maximum atomic E-state index is 12.8. The van der Waals surface area contributed by atoms with Crippen molar-refractivity contribution in [1.29, 1.82) is 0 Å². The molecule has 3 heterocycles. The number of piperidine rings is 2. The molecular formula is C22H35N5O3. The molecule has 2 fully saturated rings. The summed E-state index contributed by atoms with van der Waals surface area (Å²) in [7, 11) is 0. The van der Waals surface area contributed by atoms with Gasteiger partial charge in [0.15, 0.2) is 0 Å². The minimum absolute atomic E-state index is 0.164. The van der Waals surface area contributed by atoms with Crippen LogP contribution in [-0.2, 0) is 14.3 Å². The monoisotopic (exact) mass is 417 g/mol. The Morgan fingerprint density at radius 2 is 2.00 bits per heavy atom. The predicted molar refractivity (Wildman–Crippen MR) is 116 cm³/mol. The zero-order valence-corrected chi connectivity index (χ0v) is 18.3. The van der Waals surface area contributed by atoms with Crippen LogP contribution in [0.3, 0.4) is 0 Å². The van der Waals surface area contributed by atoms with Crippen LogP contribution in [0.25, 0.3) is 0 Å². The number of carbonyl (C=O) groups excluding carboxylic acids is 2. The van der Waals surface area contributed by atoms with Crippen molar-refractivity contribution in [2.75, 3.05) is 49.5 Å². The van der Waals surface area contributed by atoms with Crippen LogP contribution in [0.4, 0.5) is 11.6 Å². The second-order valence-corrected chi connectivity index (χ2v) is 8.22. The number of rotatable bonds is 8. The first-order valence-corrected chi connectivity index (χ1v) is 11.4. The van der Waals surface area contributed by atoms with E-state index in [9.17, 15) is 9.59 Å². The SMILES string of the molecule is CCNc1cc(N2CCC[C@@H](CCC(=O)N3CCC[C@@H](C(=O)OCC)C3)C2)ncn1. The third-order valence-electron chi connectivity index (χ3n) is 6.01. The summed E-state index contributed by atoms with van der Waals surface area (Å²) >= 11 is 0. The Balaban J connectivity index is 1.49. The molecule has 0 aromatic carbocycles. The fourth-order valence-electron chi connectivity index (χ4n) is 4.45. The summed E-state index contributed by atoms with van der Waals surface area (Å²) in [6, 6.07) is 2.00. The number of carbonyl (C=O) groups is 2. The molecule has 2 atom stereocenters. The van der Waals surface area contributed by atoms with Gasteiger partial charge < -0.3 is 19.9 Å². The van der Waals surface area contributed by atoms with Crippen molar-refractivity contribution in [1.82, 2.24) is 14.9 Å². The fraction of sp³-hybridized carbons (Fsp3) is 0.727. The molecule has 1 N–H and O–H groups in total. The summed E-state index contributed by atoms with van der Waals surface area (Å²) in [6.45, 7) is 8.25. The number of anilines is 2. The fourth-order valence-corrected chi connectivity index (χ4v) is 4.45. The van der Waals surface area contributed by atoms with Crippen LogP contribution in [0.5, 0.6) is 0 Å². The normalized spacial score (nSPS) is 21.9. The molecule has 1 aromatic heterocycles. The third kappa shape index (κ3) is 6.06. The number of likely N-dealkylation sites (tertiary alicyclic amines) is 1. The van der Waals surface area contributed by atoms with Crippen LogP contribution in [0.2, 0.25) is 0 Å². The summed E-state index contributed by atoms with van der Waals surface area (Å²) in [5, 5.41) is 3.23. The van der Waals surface area contributed by atoms with E-state index in [4.69, 9.17) is 4.74 Å². The van der Waals surface area contributed by atoms with Gasteiger partial charge in [0.1, 0.15) is 18.0 Å². The maximum absolute atomic E-state index is 12.8. The van der Waals surface area contributed by atoms with Crippen molar-refractivity contribution in [3.63, 3.8) is 0 Å². The smallest absolute Gasteiger partial charge is 0.310 e. The first kappa shape index (κ1) is 22.3. The average molecular weight is 418 g/mol. The van der Waals surface area contributed by atoms with Crippen molar-refractivity contribution in [3.8, 4) is 0 Å². The van der Waals surface area contributed by atoms with Crippen molar-refractivity contribution in [2.45, 2.75) is 52.4 Å². The molecule has 8 nitrogen and oxygen atoms in total. The molecule has 30 heavy (non-hydrogen) atoms. The van der Waals surface area contributed by atoms with Gasteiger partial charge in [0.05, 0.1) is 12.5 Å². The van der Waals surface area contributed by atoms with Crippen molar-refractivity contribution < 1.29 is 14.3 Å². The number of esters is 1. The van der Waals surface area contributed by atoms with E-state index in [1.807, 2.05) is 24.8 Å². The topological polar surface area (TPSA) is 87.7 Å². The lowest BCUT2D eigenvalue weighted by Gasteiger charge is -2.35. The largest absolute Gasteiger partial charge is 0.466 e. The third-order valence-corrected chi connectivity index (χ3v) is 6.01. The van der Waals surface area contributed by atoms with E-state index in [2.05, 4.69) is 20.2 Å². The number of amides is 1. The molecule has 2 aliphatic rings. The Morgan fingerprint density at radius 1 is 1.17 bits per heavy atom. The summed E-state index contributed by atoms with van der Waals surface area (Å²) in [5.74, 6) is 2.10. The standard InChI is InChI=1S/C22H35N5O3/c1-3-23-19-13-20(25-16-24-19)26-11-5-7-17(14-26)9-10-21(28)27-12-6-8-18(15-27)22(29)30-4-2/h13,16-18H,3-12,14-15H2,1-2H3,(H,23,24,25)/t17-,18+/m0/s1. The Morgan fingerprint density at radius 3 is 2.80 bits per heavy atom. The molecule has 1 aromatic rings. The molecule has 0 saturated carbocycles. The van der Waals surface area contributed by atoms with E-state index >= 15 is 0 Å². The van der Waals surface area contributed by atoms with E-state index < -0.39 is 0 Å². The van der Waals surface area contributed by atoms with Gasteiger partial charge in [-0.15, -0.1) is 0 Å². The van der Waals surface area contributed by atoms with Gasteiger partial charge in [-0.25, -0.2) is 9.97 Å². The zero-order valence-electron chi connectivity index (χ0n) is 18.3. The minimum atomic E-state index is -0.170. The number of hydrogen-bond donors (Lipinski definition) is 1. The van der Waals surface area contributed by atoms with Crippen LogP contribution in [0.15, 0.2) is 12.4 Å². The molecule has 3 rings (SSSR count). The quantitative estimate of drug-likeness (QED) is 0.651. The molecule has 166 valence electrons. The van der Waals surface area contributed by atoms with E-state index in [1.165, 1.54) is 0 Å². The van der Waals surface area contributed by atoms with E-state index in [-0.39, 0.29) is 17.8 Å². The molecule has 2 aliphatic heterocycles. The van der Waals surface area contributed by atoms with Gasteiger partial charge in [0.2, 0.25) is 5.91 Å². The summed E-state index contributed by atoms with van der Waals surface area (Å²) in [5.41, 5.74) is 0. The molecule has 2 saturated heterocycles. The summed E-state index contributed by atoms with van der Waals surface area (Å²) < 4.78 is 5.14. The highest BCUT2D eigenvalue weighted by Gasteiger charge is 2.30. The second-order valence-electron chi connectivity index (χ2n) is 8.22. The average Bonchev–Trinajstić information content (AvgIpc) is 2.78. The molecule has 0 bridgehead atoms. The number of hydrogen-bond acceptors (Lipinski definition) is 7. The van der Waals surface area contributed by atoms with Crippen molar-refractivity contribution in [3.05, 3.63) is 12.4 Å². The number of aromatic nitrogens is 2. The van der Waals surface area contributed by atoms with Gasteiger partial charge >= 0.3 is 5.97 Å². The van der Waals surface area contributed by atoms with Gasteiger partial charge in [-0.1, -0.05) is 0 Å². The highest BCUT2D eigenvalue weighted by Crippen LogP contribution is 2.26. The van der Waals surface area contributed by atoms with Gasteiger partial charge in [-0.2, -0.15) is 0 Å². The van der Waals surface area contributed by atoms with Crippen LogP contribution < -0.4 is 10.2 Å². The molecule has 0 aliphatic carbocycles. The van der Waals surface area contributed by atoms with Crippen molar-refractivity contribution >= 4 is 23.5 Å². The first-order valence-electron chi connectivity index (χ1n) is 11.4. The zero-order chi connectivity index (χ0) is 21.3. The molecule has 8 heteroatoms. The Kier molecular flexibility index (Phi) is 8.28. The van der Waals surface area contributed by atoms with Crippen LogP contribution in [-0.4, -0.2) is 66.1 Å². The van der Waals surface area contributed by atoms with E-state index in [0.29, 0.717) is 25.5 Å².